The van der Waals surface area contributed by atoms with Crippen molar-refractivity contribution in [3.63, 3.8) is 0 Å². The monoisotopic (exact) mass is 333 g/mol. The van der Waals surface area contributed by atoms with Gasteiger partial charge in [-0.25, -0.2) is 9.78 Å². The predicted octanol–water partition coefficient (Wildman–Crippen LogP) is 2.87. The second-order valence-electron chi connectivity index (χ2n) is 5.46. The van der Waals surface area contributed by atoms with E-state index in [4.69, 9.17) is 21.4 Å². The molecule has 1 aromatic heterocycles. The number of carbonyl (C=O) groups excluding carboxylic acids is 1. The fourth-order valence-corrected chi connectivity index (χ4v) is 3.61. The van der Waals surface area contributed by atoms with Gasteiger partial charge in [0.25, 0.3) is 5.91 Å². The van der Waals surface area contributed by atoms with Gasteiger partial charge in [0.1, 0.15) is 12.0 Å². The second kappa shape index (κ2) is 4.99. The van der Waals surface area contributed by atoms with Crippen LogP contribution < -0.4 is 4.74 Å². The van der Waals surface area contributed by atoms with Gasteiger partial charge >= 0.3 is 6.16 Å². The third-order valence-corrected chi connectivity index (χ3v) is 4.56. The second-order valence-corrected chi connectivity index (χ2v) is 5.87. The number of carboxylic acid groups (broad SMARTS) is 1. The summed E-state index contributed by atoms with van der Waals surface area (Å²) in [6.07, 6.45) is 1.59. The van der Waals surface area contributed by atoms with E-state index in [9.17, 15) is 9.59 Å². The van der Waals surface area contributed by atoms with E-state index < -0.39 is 6.16 Å². The van der Waals surface area contributed by atoms with Crippen molar-refractivity contribution in [1.29, 1.82) is 0 Å². The van der Waals surface area contributed by atoms with Gasteiger partial charge in [-0.3, -0.25) is 9.36 Å². The lowest BCUT2D eigenvalue weighted by atomic mass is 10.1. The SMILES string of the molecule is O=C(O)Oc1ncn2c1[C@@H]1CCCN1C(=O)c1c(Cl)cccc1-2. The average molecular weight is 334 g/mol. The third-order valence-electron chi connectivity index (χ3n) is 4.25. The minimum absolute atomic E-state index is 0.00928. The summed E-state index contributed by atoms with van der Waals surface area (Å²) in [4.78, 5) is 29.6. The summed E-state index contributed by atoms with van der Waals surface area (Å²) in [7, 11) is 0. The van der Waals surface area contributed by atoms with Crippen LogP contribution in [-0.4, -0.2) is 38.2 Å². The van der Waals surface area contributed by atoms with E-state index >= 15 is 0 Å². The van der Waals surface area contributed by atoms with Crippen LogP contribution in [0.1, 0.15) is 34.9 Å². The molecule has 2 aromatic rings. The van der Waals surface area contributed by atoms with Crippen LogP contribution in [0, 0.1) is 0 Å². The fourth-order valence-electron chi connectivity index (χ4n) is 3.36. The zero-order valence-corrected chi connectivity index (χ0v) is 12.7. The van der Waals surface area contributed by atoms with Crippen LogP contribution >= 0.6 is 11.6 Å². The van der Waals surface area contributed by atoms with E-state index in [0.717, 1.165) is 12.8 Å². The van der Waals surface area contributed by atoms with Gasteiger partial charge in [0.2, 0.25) is 5.88 Å². The van der Waals surface area contributed by atoms with E-state index in [2.05, 4.69) is 4.98 Å². The number of imidazole rings is 1. The van der Waals surface area contributed by atoms with Gasteiger partial charge in [0.05, 0.1) is 22.3 Å². The molecule has 1 amide bonds. The van der Waals surface area contributed by atoms with Crippen LogP contribution in [0.3, 0.4) is 0 Å². The number of hydrogen-bond donors (Lipinski definition) is 1. The lowest BCUT2D eigenvalue weighted by molar-refractivity contribution is 0.0737. The first-order valence-electron chi connectivity index (χ1n) is 7.16. The lowest BCUT2D eigenvalue weighted by Crippen LogP contribution is -2.30. The lowest BCUT2D eigenvalue weighted by Gasteiger charge is -2.22. The first kappa shape index (κ1) is 14.1. The largest absolute Gasteiger partial charge is 0.512 e. The molecule has 0 radical (unpaired) electrons. The van der Waals surface area contributed by atoms with E-state index in [0.29, 0.717) is 28.5 Å². The molecule has 0 bridgehead atoms. The smallest absolute Gasteiger partial charge is 0.449 e. The highest BCUT2D eigenvalue weighted by Crippen LogP contribution is 2.43. The van der Waals surface area contributed by atoms with E-state index in [1.165, 1.54) is 6.33 Å². The number of nitrogens with zero attached hydrogens (tertiary/aromatic N) is 3. The van der Waals surface area contributed by atoms with Gasteiger partial charge in [-0.1, -0.05) is 17.7 Å². The molecule has 2 aliphatic heterocycles. The Kier molecular flexibility index (Phi) is 3.05. The first-order chi connectivity index (χ1) is 11.1. The Labute approximate surface area is 136 Å². The van der Waals surface area contributed by atoms with E-state index in [1.807, 2.05) is 0 Å². The molecule has 1 aromatic carbocycles. The minimum Gasteiger partial charge on any atom is -0.449 e. The average Bonchev–Trinajstić information content (AvgIpc) is 3.10. The van der Waals surface area contributed by atoms with E-state index in [-0.39, 0.29) is 17.8 Å². The van der Waals surface area contributed by atoms with Crippen molar-refractivity contribution in [2.24, 2.45) is 0 Å². The number of hydrogen-bond acceptors (Lipinski definition) is 4. The molecule has 3 heterocycles. The molecular weight excluding hydrogens is 322 g/mol. The zero-order valence-electron chi connectivity index (χ0n) is 11.9. The van der Waals surface area contributed by atoms with Gasteiger partial charge in [0.15, 0.2) is 0 Å². The van der Waals surface area contributed by atoms with Gasteiger partial charge < -0.3 is 14.7 Å². The maximum Gasteiger partial charge on any atom is 0.512 e. The van der Waals surface area contributed by atoms with Gasteiger partial charge in [0, 0.05) is 6.54 Å². The Balaban J connectivity index is 2.00. The molecule has 0 aliphatic carbocycles. The summed E-state index contributed by atoms with van der Waals surface area (Å²) < 4.78 is 6.51. The molecule has 1 fully saturated rings. The van der Waals surface area contributed by atoms with Gasteiger partial charge in [-0.05, 0) is 25.0 Å². The number of halogens is 1. The Morgan fingerprint density at radius 1 is 1.43 bits per heavy atom. The molecule has 0 spiro atoms. The maximum atomic E-state index is 12.9. The zero-order chi connectivity index (χ0) is 16.1. The van der Waals surface area contributed by atoms with Crippen molar-refractivity contribution in [3.8, 4) is 11.6 Å². The summed E-state index contributed by atoms with van der Waals surface area (Å²) >= 11 is 6.25. The summed E-state index contributed by atoms with van der Waals surface area (Å²) in [5, 5.41) is 9.28. The fraction of sp³-hybridized carbons (Fsp3) is 0.267. The van der Waals surface area contributed by atoms with Crippen molar-refractivity contribution in [2.75, 3.05) is 6.54 Å². The molecule has 8 heteroatoms. The van der Waals surface area contributed by atoms with Crippen LogP contribution in [0.4, 0.5) is 4.79 Å². The molecule has 7 nitrogen and oxygen atoms in total. The van der Waals surface area contributed by atoms with Crippen molar-refractivity contribution < 1.29 is 19.4 Å². The van der Waals surface area contributed by atoms with Crippen LogP contribution in [0.2, 0.25) is 5.02 Å². The maximum absolute atomic E-state index is 12.9. The molecule has 2 aliphatic rings. The highest BCUT2D eigenvalue weighted by Gasteiger charge is 2.40. The number of amides is 1. The van der Waals surface area contributed by atoms with Crippen LogP contribution in [0.15, 0.2) is 24.5 Å². The van der Waals surface area contributed by atoms with Crippen molar-refractivity contribution in [2.45, 2.75) is 18.9 Å². The Morgan fingerprint density at radius 2 is 2.26 bits per heavy atom. The summed E-state index contributed by atoms with van der Waals surface area (Å²) in [5.41, 5.74) is 1.55. The minimum atomic E-state index is -1.43. The molecule has 1 atom stereocenters. The highest BCUT2D eigenvalue weighted by molar-refractivity contribution is 6.34. The summed E-state index contributed by atoms with van der Waals surface area (Å²) in [6, 6.07) is 4.89. The molecule has 1 saturated heterocycles. The Hall–Kier alpha value is -2.54. The predicted molar refractivity (Wildman–Crippen MR) is 80.2 cm³/mol. The number of aromatic nitrogens is 2. The standard InChI is InChI=1S/C15H12ClN3O4/c16-8-3-1-4-9-11(8)14(20)18-6-2-5-10(18)12-13(23-15(21)22)17-7-19(9)12/h1,3-4,7,10H,2,5-6H2,(H,21,22)/t10-/m0/s1. The van der Waals surface area contributed by atoms with Gasteiger partial charge in [-0.15, -0.1) is 0 Å². The number of rotatable bonds is 1. The van der Waals surface area contributed by atoms with Crippen molar-refractivity contribution in [1.82, 2.24) is 14.5 Å². The van der Waals surface area contributed by atoms with Crippen molar-refractivity contribution >= 4 is 23.7 Å². The third kappa shape index (κ3) is 2.00. The van der Waals surface area contributed by atoms with Crippen LogP contribution in [-0.2, 0) is 0 Å². The normalized spacial score (nSPS) is 18.9. The quantitative estimate of drug-likeness (QED) is 0.811. The highest BCUT2D eigenvalue weighted by atomic mass is 35.5. The molecule has 23 heavy (non-hydrogen) atoms. The summed E-state index contributed by atoms with van der Waals surface area (Å²) in [5.74, 6) is -0.145. The Bertz CT molecular complexity index is 832. The first-order valence-corrected chi connectivity index (χ1v) is 7.53. The number of benzene rings is 1. The molecule has 1 N–H and O–H groups in total. The van der Waals surface area contributed by atoms with Crippen LogP contribution in [0.5, 0.6) is 5.88 Å². The molecule has 118 valence electrons. The summed E-state index contributed by atoms with van der Waals surface area (Å²) in [6.45, 7) is 0.589. The number of ether oxygens (including phenoxy) is 1. The molecule has 0 saturated carbocycles. The van der Waals surface area contributed by atoms with Crippen LogP contribution in [0.25, 0.3) is 5.69 Å². The van der Waals surface area contributed by atoms with E-state index in [1.54, 1.807) is 27.7 Å². The number of fused-ring (bicyclic) bond motifs is 5. The molecular formula is C15H12ClN3O4. The van der Waals surface area contributed by atoms with Gasteiger partial charge in [-0.2, -0.15) is 0 Å². The van der Waals surface area contributed by atoms with Crippen molar-refractivity contribution in [3.05, 3.63) is 40.8 Å². The number of carbonyl (C=O) groups is 2. The molecule has 0 unspecified atom stereocenters. The topological polar surface area (TPSA) is 84.7 Å². The molecule has 4 rings (SSSR count). The Morgan fingerprint density at radius 3 is 3.04 bits per heavy atom.